The van der Waals surface area contributed by atoms with Gasteiger partial charge in [-0.15, -0.1) is 0 Å². The first kappa shape index (κ1) is 12.9. The third-order valence-corrected chi connectivity index (χ3v) is 2.48. The highest BCUT2D eigenvalue weighted by Gasteiger charge is 2.10. The lowest BCUT2D eigenvalue weighted by Crippen LogP contribution is -2.28. The Labute approximate surface area is 110 Å². The van der Waals surface area contributed by atoms with E-state index in [1.807, 2.05) is 30.3 Å². The minimum Gasteiger partial charge on any atom is -0.451 e. The van der Waals surface area contributed by atoms with Gasteiger partial charge >= 0.3 is 5.97 Å². The van der Waals surface area contributed by atoms with E-state index in [2.05, 4.69) is 10.3 Å². The topological polar surface area (TPSA) is 71.2 Å². The van der Waals surface area contributed by atoms with Gasteiger partial charge in [-0.2, -0.15) is 0 Å². The highest BCUT2D eigenvalue weighted by Crippen LogP contribution is 1.98. The number of carbonyl (C=O) groups excluding carboxylic acids is 2. The molecule has 1 aromatic heterocycles. The molecular formula is C14H14N2O3. The predicted molar refractivity (Wildman–Crippen MR) is 69.4 cm³/mol. The van der Waals surface area contributed by atoms with Crippen molar-refractivity contribution in [2.75, 3.05) is 6.61 Å². The average molecular weight is 258 g/mol. The van der Waals surface area contributed by atoms with Crippen molar-refractivity contribution in [3.8, 4) is 0 Å². The zero-order chi connectivity index (χ0) is 13.5. The van der Waals surface area contributed by atoms with E-state index in [-0.39, 0.29) is 12.5 Å². The zero-order valence-electron chi connectivity index (χ0n) is 10.3. The van der Waals surface area contributed by atoms with E-state index in [1.54, 1.807) is 18.3 Å². The van der Waals surface area contributed by atoms with Crippen LogP contribution in [0.5, 0.6) is 0 Å². The van der Waals surface area contributed by atoms with Crippen LogP contribution in [0.2, 0.25) is 0 Å². The molecule has 5 nitrogen and oxygen atoms in total. The molecule has 0 spiro atoms. The van der Waals surface area contributed by atoms with Crippen molar-refractivity contribution >= 4 is 11.9 Å². The maximum Gasteiger partial charge on any atom is 0.355 e. The standard InChI is InChI=1S/C14H14N2O3/c17-13(16-9-11-5-2-1-3-6-11)10-19-14(18)12-7-4-8-15-12/h1-8,15H,9-10H2,(H,16,17). The second-order valence-electron chi connectivity index (χ2n) is 3.92. The predicted octanol–water partition coefficient (Wildman–Crippen LogP) is 1.49. The number of aromatic nitrogens is 1. The molecule has 1 heterocycles. The van der Waals surface area contributed by atoms with Gasteiger partial charge in [-0.3, -0.25) is 4.79 Å². The lowest BCUT2D eigenvalue weighted by atomic mass is 10.2. The summed E-state index contributed by atoms with van der Waals surface area (Å²) in [6.07, 6.45) is 1.62. The molecule has 19 heavy (non-hydrogen) atoms. The van der Waals surface area contributed by atoms with Crippen LogP contribution in [0.4, 0.5) is 0 Å². The summed E-state index contributed by atoms with van der Waals surface area (Å²) in [6.45, 7) is 0.129. The Kier molecular flexibility index (Phi) is 4.34. The van der Waals surface area contributed by atoms with Crippen molar-refractivity contribution in [2.24, 2.45) is 0 Å². The van der Waals surface area contributed by atoms with Crippen molar-refractivity contribution in [1.82, 2.24) is 10.3 Å². The molecule has 0 saturated carbocycles. The monoisotopic (exact) mass is 258 g/mol. The summed E-state index contributed by atoms with van der Waals surface area (Å²) in [5.74, 6) is -0.872. The van der Waals surface area contributed by atoms with Gasteiger partial charge in [0.15, 0.2) is 6.61 Å². The molecule has 1 aromatic carbocycles. The molecule has 0 fully saturated rings. The minimum atomic E-state index is -0.542. The van der Waals surface area contributed by atoms with E-state index >= 15 is 0 Å². The molecule has 98 valence electrons. The van der Waals surface area contributed by atoms with E-state index in [0.29, 0.717) is 12.2 Å². The Bertz CT molecular complexity index is 535. The molecule has 0 aliphatic heterocycles. The lowest BCUT2D eigenvalue weighted by molar-refractivity contribution is -0.124. The summed E-state index contributed by atoms with van der Waals surface area (Å²) in [6, 6.07) is 12.8. The van der Waals surface area contributed by atoms with E-state index in [9.17, 15) is 9.59 Å². The summed E-state index contributed by atoms with van der Waals surface area (Å²) in [5, 5.41) is 2.67. The average Bonchev–Trinajstić information content (AvgIpc) is 2.98. The van der Waals surface area contributed by atoms with Crippen LogP contribution in [-0.4, -0.2) is 23.5 Å². The van der Waals surface area contributed by atoms with Gasteiger partial charge in [0.1, 0.15) is 5.69 Å². The van der Waals surface area contributed by atoms with Crippen LogP contribution >= 0.6 is 0 Å². The van der Waals surface area contributed by atoms with E-state index < -0.39 is 5.97 Å². The first-order chi connectivity index (χ1) is 9.25. The van der Waals surface area contributed by atoms with Gasteiger partial charge in [0.05, 0.1) is 0 Å². The number of carbonyl (C=O) groups is 2. The van der Waals surface area contributed by atoms with Crippen LogP contribution in [-0.2, 0) is 16.1 Å². The molecule has 0 unspecified atom stereocenters. The Balaban J connectivity index is 1.72. The number of rotatable bonds is 5. The Morgan fingerprint density at radius 2 is 1.89 bits per heavy atom. The Hall–Kier alpha value is -2.56. The number of benzene rings is 1. The summed E-state index contributed by atoms with van der Waals surface area (Å²) in [7, 11) is 0. The van der Waals surface area contributed by atoms with Crippen molar-refractivity contribution in [3.63, 3.8) is 0 Å². The number of nitrogens with one attached hydrogen (secondary N) is 2. The summed E-state index contributed by atoms with van der Waals surface area (Å²) < 4.78 is 4.85. The maximum absolute atomic E-state index is 11.5. The fourth-order valence-corrected chi connectivity index (χ4v) is 1.51. The van der Waals surface area contributed by atoms with Gasteiger partial charge in [-0.25, -0.2) is 4.79 Å². The van der Waals surface area contributed by atoms with Crippen LogP contribution in [0.1, 0.15) is 16.1 Å². The number of esters is 1. The van der Waals surface area contributed by atoms with Crippen LogP contribution in [0.25, 0.3) is 0 Å². The first-order valence-electron chi connectivity index (χ1n) is 5.87. The molecule has 5 heteroatoms. The fourth-order valence-electron chi connectivity index (χ4n) is 1.51. The molecular weight excluding hydrogens is 244 g/mol. The van der Waals surface area contributed by atoms with Crippen molar-refractivity contribution in [2.45, 2.75) is 6.54 Å². The Morgan fingerprint density at radius 1 is 1.11 bits per heavy atom. The van der Waals surface area contributed by atoms with Crippen molar-refractivity contribution in [3.05, 3.63) is 59.9 Å². The number of ether oxygens (including phenoxy) is 1. The smallest absolute Gasteiger partial charge is 0.355 e. The molecule has 0 aliphatic carbocycles. The lowest BCUT2D eigenvalue weighted by Gasteiger charge is -2.06. The van der Waals surface area contributed by atoms with E-state index in [1.165, 1.54) is 0 Å². The first-order valence-corrected chi connectivity index (χ1v) is 5.87. The quantitative estimate of drug-likeness (QED) is 0.798. The zero-order valence-corrected chi connectivity index (χ0v) is 10.3. The Morgan fingerprint density at radius 3 is 2.58 bits per heavy atom. The van der Waals surface area contributed by atoms with Gasteiger partial charge in [0, 0.05) is 12.7 Å². The number of hydrogen-bond donors (Lipinski definition) is 2. The van der Waals surface area contributed by atoms with Crippen LogP contribution in [0.3, 0.4) is 0 Å². The van der Waals surface area contributed by atoms with Gasteiger partial charge < -0.3 is 15.0 Å². The summed E-state index contributed by atoms with van der Waals surface area (Å²) in [4.78, 5) is 25.7. The van der Waals surface area contributed by atoms with Crippen LogP contribution < -0.4 is 5.32 Å². The van der Waals surface area contributed by atoms with Gasteiger partial charge in [0.2, 0.25) is 0 Å². The second kappa shape index (κ2) is 6.39. The highest BCUT2D eigenvalue weighted by molar-refractivity contribution is 5.89. The molecule has 0 atom stereocenters. The number of aromatic amines is 1. The third kappa shape index (κ3) is 3.99. The van der Waals surface area contributed by atoms with E-state index in [4.69, 9.17) is 4.74 Å². The molecule has 0 aliphatic rings. The van der Waals surface area contributed by atoms with Gasteiger partial charge in [0.25, 0.3) is 5.91 Å². The molecule has 2 rings (SSSR count). The summed E-state index contributed by atoms with van der Waals surface area (Å²) in [5.41, 5.74) is 1.32. The van der Waals surface area contributed by atoms with E-state index in [0.717, 1.165) is 5.56 Å². The molecule has 2 N–H and O–H groups in total. The largest absolute Gasteiger partial charge is 0.451 e. The summed E-state index contributed by atoms with van der Waals surface area (Å²) >= 11 is 0. The van der Waals surface area contributed by atoms with Crippen molar-refractivity contribution < 1.29 is 14.3 Å². The SMILES string of the molecule is O=C(COC(=O)c1ccc[nH]1)NCc1ccccc1. The molecule has 0 bridgehead atoms. The highest BCUT2D eigenvalue weighted by atomic mass is 16.5. The van der Waals surface area contributed by atoms with Gasteiger partial charge in [-0.1, -0.05) is 30.3 Å². The maximum atomic E-state index is 11.5. The molecule has 0 saturated heterocycles. The number of hydrogen-bond acceptors (Lipinski definition) is 3. The molecule has 2 aromatic rings. The fraction of sp³-hybridized carbons (Fsp3) is 0.143. The van der Waals surface area contributed by atoms with Crippen LogP contribution in [0, 0.1) is 0 Å². The third-order valence-electron chi connectivity index (χ3n) is 2.48. The minimum absolute atomic E-state index is 0.287. The van der Waals surface area contributed by atoms with Crippen molar-refractivity contribution in [1.29, 1.82) is 0 Å². The normalized spacial score (nSPS) is 9.89. The molecule has 0 radical (unpaired) electrons. The number of H-pyrrole nitrogens is 1. The van der Waals surface area contributed by atoms with Crippen LogP contribution in [0.15, 0.2) is 48.7 Å². The second-order valence-corrected chi connectivity index (χ2v) is 3.92. The molecule has 1 amide bonds. The van der Waals surface area contributed by atoms with Gasteiger partial charge in [-0.05, 0) is 17.7 Å². The number of amides is 1.